The minimum absolute atomic E-state index is 0.173. The number of carbonyl (C=O) groups is 2. The Morgan fingerprint density at radius 3 is 2.58 bits per heavy atom. The molecule has 4 aliphatic rings. The third kappa shape index (κ3) is 9.15. The Bertz CT molecular complexity index is 1770. The number of hydrogen-bond donors (Lipinski definition) is 1. The number of cyclic esters (lactones) is 1. The standard InChI is InChI=1S/C40H55ClN4O7S/c1-28-9-7-17-40(50-4,27-44-19-8-18-43(3)39(47)51-22-21-44)35-15-12-32(35)25-45-20-6-5-10-30-23-34(41)14-11-33(30)26-52-37-16-13-31(24-36(37)45)38(46)42-53(48,49)29(28)2/h7,11,13-14,16-17,23-24,28-29,32,35H,5-6,8-10,12,15,18-22,25-27H2,1-4H3,(H,42,46)/b17-7+/t28-,29+,32-,35+,40?/m0/s1. The van der Waals surface area contributed by atoms with Gasteiger partial charge in [0.15, 0.2) is 0 Å². The third-order valence-electron chi connectivity index (χ3n) is 11.9. The number of methoxy groups -OCH3 is 1. The predicted octanol–water partition coefficient (Wildman–Crippen LogP) is 6.29. The van der Waals surface area contributed by atoms with Gasteiger partial charge in [0.1, 0.15) is 24.6 Å². The summed E-state index contributed by atoms with van der Waals surface area (Å²) in [5.74, 6) is 0.166. The number of anilines is 1. The number of aryl methyl sites for hydroxylation is 1. The van der Waals surface area contributed by atoms with Crippen LogP contribution in [0.25, 0.3) is 0 Å². The number of allylic oxidation sites excluding steroid dienone is 1. The summed E-state index contributed by atoms with van der Waals surface area (Å²) in [6.45, 7) is 8.24. The summed E-state index contributed by atoms with van der Waals surface area (Å²) >= 11 is 6.40. The number of rotatable bonds is 3. The van der Waals surface area contributed by atoms with Gasteiger partial charge in [0.2, 0.25) is 10.0 Å². The molecule has 53 heavy (non-hydrogen) atoms. The van der Waals surface area contributed by atoms with Gasteiger partial charge in [-0.1, -0.05) is 36.7 Å². The minimum atomic E-state index is -4.00. The molecule has 1 N–H and O–H groups in total. The molecular weight excluding hydrogens is 716 g/mol. The first-order valence-corrected chi connectivity index (χ1v) is 21.0. The summed E-state index contributed by atoms with van der Waals surface area (Å²) in [5, 5.41) is -0.124. The zero-order chi connectivity index (χ0) is 37.8. The van der Waals surface area contributed by atoms with E-state index in [0.29, 0.717) is 50.0 Å². The molecule has 2 bridgehead atoms. The number of ether oxygens (including phenoxy) is 3. The molecule has 13 heteroatoms. The molecule has 0 spiro atoms. The van der Waals surface area contributed by atoms with Crippen molar-refractivity contribution in [3.05, 3.63) is 70.3 Å². The molecule has 0 aromatic heterocycles. The maximum absolute atomic E-state index is 13.6. The van der Waals surface area contributed by atoms with Crippen molar-refractivity contribution in [1.82, 2.24) is 14.5 Å². The second-order valence-corrected chi connectivity index (χ2v) is 17.8. The van der Waals surface area contributed by atoms with Crippen molar-refractivity contribution >= 4 is 39.3 Å². The Hall–Kier alpha value is -3.32. The van der Waals surface area contributed by atoms with Crippen molar-refractivity contribution in [2.24, 2.45) is 17.8 Å². The summed E-state index contributed by atoms with van der Waals surface area (Å²) in [5.41, 5.74) is 2.62. The van der Waals surface area contributed by atoms with Crippen LogP contribution in [0.2, 0.25) is 5.02 Å². The summed E-state index contributed by atoms with van der Waals surface area (Å²) in [6, 6.07) is 11.1. The quantitative estimate of drug-likeness (QED) is 0.360. The van der Waals surface area contributed by atoms with Gasteiger partial charge in [-0.3, -0.25) is 9.69 Å². The molecule has 1 unspecified atom stereocenters. The SMILES string of the molecule is COC1(CN2CCCN(C)C(=O)OCC2)/C=C/C[C@H](C)[C@@H](C)S(=O)(=O)NC(=O)c2ccc3c(c2)N(CCCCc2cc(Cl)ccc2CO3)C[C@@H]2CC[C@H]21. The van der Waals surface area contributed by atoms with Crippen LogP contribution in [0.3, 0.4) is 0 Å². The molecule has 3 aliphatic heterocycles. The number of fused-ring (bicyclic) bond motifs is 3. The van der Waals surface area contributed by atoms with Crippen LogP contribution < -0.4 is 14.4 Å². The molecule has 2 fully saturated rings. The van der Waals surface area contributed by atoms with E-state index in [1.807, 2.05) is 25.1 Å². The van der Waals surface area contributed by atoms with E-state index in [-0.39, 0.29) is 29.4 Å². The molecule has 0 radical (unpaired) electrons. The fourth-order valence-electron chi connectivity index (χ4n) is 8.25. The first-order chi connectivity index (χ1) is 25.4. The Balaban J connectivity index is 1.38. The van der Waals surface area contributed by atoms with Gasteiger partial charge in [0.05, 0.1) is 10.9 Å². The summed E-state index contributed by atoms with van der Waals surface area (Å²) in [7, 11) is -0.450. The topological polar surface area (TPSA) is 118 Å². The van der Waals surface area contributed by atoms with Crippen LogP contribution in [-0.4, -0.2) is 101 Å². The van der Waals surface area contributed by atoms with Crippen molar-refractivity contribution in [3.63, 3.8) is 0 Å². The Kier molecular flexibility index (Phi) is 12.6. The highest BCUT2D eigenvalue weighted by atomic mass is 35.5. The highest BCUT2D eigenvalue weighted by molar-refractivity contribution is 7.90. The van der Waals surface area contributed by atoms with Crippen molar-refractivity contribution in [2.75, 3.05) is 64.9 Å². The maximum Gasteiger partial charge on any atom is 0.409 e. The molecule has 11 nitrogen and oxygen atoms in total. The average Bonchev–Trinajstić information content (AvgIpc) is 3.16. The molecule has 2 aromatic carbocycles. The number of nitrogens with zero attached hydrogens (tertiary/aromatic N) is 3. The lowest BCUT2D eigenvalue weighted by Gasteiger charge is -2.51. The first-order valence-electron chi connectivity index (χ1n) is 19.1. The van der Waals surface area contributed by atoms with Gasteiger partial charge < -0.3 is 24.0 Å². The molecule has 2 aromatic rings. The van der Waals surface area contributed by atoms with Crippen LogP contribution in [0.15, 0.2) is 48.6 Å². The molecule has 3 heterocycles. The lowest BCUT2D eigenvalue weighted by atomic mass is 9.63. The molecule has 2 amide bonds. The molecule has 1 saturated carbocycles. The van der Waals surface area contributed by atoms with Gasteiger partial charge in [-0.15, -0.1) is 0 Å². The van der Waals surface area contributed by atoms with Crippen LogP contribution in [0.5, 0.6) is 5.75 Å². The van der Waals surface area contributed by atoms with E-state index in [1.165, 1.54) is 5.56 Å². The van der Waals surface area contributed by atoms with Gasteiger partial charge in [0, 0.05) is 64.0 Å². The fourth-order valence-corrected chi connectivity index (χ4v) is 9.73. The van der Waals surface area contributed by atoms with E-state index < -0.39 is 26.8 Å². The second-order valence-electron chi connectivity index (χ2n) is 15.4. The summed E-state index contributed by atoms with van der Waals surface area (Å²) in [4.78, 5) is 32.3. The Morgan fingerprint density at radius 2 is 1.81 bits per heavy atom. The number of hydrogen-bond acceptors (Lipinski definition) is 9. The average molecular weight is 771 g/mol. The van der Waals surface area contributed by atoms with Crippen LogP contribution in [0, 0.1) is 17.8 Å². The summed E-state index contributed by atoms with van der Waals surface area (Å²) in [6.07, 6.45) is 9.96. The molecule has 1 aliphatic carbocycles. The summed E-state index contributed by atoms with van der Waals surface area (Å²) < 4.78 is 48.2. The third-order valence-corrected chi connectivity index (χ3v) is 14.1. The van der Waals surface area contributed by atoms with E-state index in [9.17, 15) is 18.0 Å². The van der Waals surface area contributed by atoms with Gasteiger partial charge in [-0.2, -0.15) is 0 Å². The normalized spacial score (nSPS) is 29.6. The van der Waals surface area contributed by atoms with Gasteiger partial charge in [-0.25, -0.2) is 17.9 Å². The Labute approximate surface area is 320 Å². The number of carbonyl (C=O) groups excluding carboxylic acids is 2. The van der Waals surface area contributed by atoms with Gasteiger partial charge in [-0.05, 0) is 111 Å². The molecule has 6 rings (SSSR count). The zero-order valence-electron chi connectivity index (χ0n) is 31.5. The minimum Gasteiger partial charge on any atom is -0.487 e. The van der Waals surface area contributed by atoms with E-state index in [4.69, 9.17) is 25.8 Å². The Morgan fingerprint density at radius 1 is 0.981 bits per heavy atom. The van der Waals surface area contributed by atoms with Crippen molar-refractivity contribution < 1.29 is 32.2 Å². The van der Waals surface area contributed by atoms with Crippen molar-refractivity contribution in [1.29, 1.82) is 0 Å². The molecular formula is C40H55ClN4O7S. The fraction of sp³-hybridized carbons (Fsp3) is 0.600. The van der Waals surface area contributed by atoms with Gasteiger partial charge in [0.25, 0.3) is 5.91 Å². The highest BCUT2D eigenvalue weighted by Gasteiger charge is 2.48. The van der Waals surface area contributed by atoms with E-state index in [0.717, 1.165) is 69.4 Å². The lowest BCUT2D eigenvalue weighted by Crippen LogP contribution is -2.56. The number of sulfonamides is 1. The number of halogens is 1. The highest BCUT2D eigenvalue weighted by Crippen LogP contribution is 2.47. The van der Waals surface area contributed by atoms with E-state index >= 15 is 0 Å². The monoisotopic (exact) mass is 770 g/mol. The number of benzene rings is 2. The van der Waals surface area contributed by atoms with Crippen molar-refractivity contribution in [3.8, 4) is 5.75 Å². The van der Waals surface area contributed by atoms with Crippen LogP contribution >= 0.6 is 11.6 Å². The van der Waals surface area contributed by atoms with Crippen LogP contribution in [0.1, 0.15) is 73.9 Å². The molecule has 290 valence electrons. The number of amides is 2. The molecule has 5 atom stereocenters. The second kappa shape index (κ2) is 17.0. The smallest absolute Gasteiger partial charge is 0.409 e. The van der Waals surface area contributed by atoms with E-state index in [2.05, 4.69) is 26.7 Å². The number of nitrogens with one attached hydrogen (secondary N) is 1. The van der Waals surface area contributed by atoms with Gasteiger partial charge >= 0.3 is 6.09 Å². The van der Waals surface area contributed by atoms with E-state index in [1.54, 1.807) is 44.2 Å². The molecule has 1 saturated heterocycles. The predicted molar refractivity (Wildman–Crippen MR) is 207 cm³/mol. The maximum atomic E-state index is 13.6. The van der Waals surface area contributed by atoms with Crippen molar-refractivity contribution in [2.45, 2.75) is 76.3 Å². The first kappa shape index (κ1) is 39.4. The van der Waals surface area contributed by atoms with Crippen LogP contribution in [-0.2, 0) is 32.5 Å². The zero-order valence-corrected chi connectivity index (χ0v) is 33.1. The lowest BCUT2D eigenvalue weighted by molar-refractivity contribution is -0.0923. The van der Waals surface area contributed by atoms with Crippen LogP contribution in [0.4, 0.5) is 10.5 Å². The largest absolute Gasteiger partial charge is 0.487 e.